The van der Waals surface area contributed by atoms with Gasteiger partial charge in [0.1, 0.15) is 11.5 Å². The molecule has 13 nitrogen and oxygen atoms in total. The van der Waals surface area contributed by atoms with E-state index >= 15 is 0 Å². The number of carbonyl (C=O) groups is 3. The molecule has 6 heterocycles. The van der Waals surface area contributed by atoms with Crippen LogP contribution in [0.1, 0.15) is 97.3 Å². The summed E-state index contributed by atoms with van der Waals surface area (Å²) in [5.41, 5.74) is 4.48. The number of ketones is 1. The average Bonchev–Trinajstić information content (AvgIpc) is 3.71. The average molecular weight is 732 g/mol. The lowest BCUT2D eigenvalue weighted by atomic mass is 9.90. The zero-order valence-electron chi connectivity index (χ0n) is 31.2. The van der Waals surface area contributed by atoms with Gasteiger partial charge in [0.05, 0.1) is 11.5 Å². The maximum Gasteiger partial charge on any atom is 0.263 e. The summed E-state index contributed by atoms with van der Waals surface area (Å²) in [6, 6.07) is 13.0. The fourth-order valence-electron chi connectivity index (χ4n) is 8.98. The molecule has 2 amide bonds. The fraction of sp³-hybridized carbons (Fsp3) is 0.488. The molecule has 3 aromatic heterocycles. The Hall–Kier alpha value is -5.01. The number of piperazine rings is 1. The van der Waals surface area contributed by atoms with Crippen molar-refractivity contribution in [3.63, 3.8) is 0 Å². The molecule has 1 saturated carbocycles. The van der Waals surface area contributed by atoms with Crippen LogP contribution in [0.15, 0.2) is 53.6 Å². The molecular weight excluding hydrogens is 683 g/mol. The number of fused-ring (bicyclic) bond motifs is 1. The molecule has 3 saturated heterocycles. The highest BCUT2D eigenvalue weighted by Gasteiger charge is 2.30. The Kier molecular flexibility index (Phi) is 10.3. The minimum atomic E-state index is -0.259. The molecule has 54 heavy (non-hydrogen) atoms. The number of hydrogen-bond acceptors (Lipinski definition) is 11. The number of nitrogens with one attached hydrogen (secondary N) is 2. The largest absolute Gasteiger partial charge is 0.371 e. The Balaban J connectivity index is 0.830. The van der Waals surface area contributed by atoms with E-state index in [1.165, 1.54) is 12.6 Å². The maximum atomic E-state index is 13.5. The standard InChI is InChI=1S/C41H49N9O4/c1-26-34-24-43-41(46-38(34)50(32-5-3-4-6-32)40(54)37(26)27(2)51)44-35-13-7-28(23-42-35)25-47-19-21-49(22-20-47)31-15-17-48(18-16-31)30-10-8-29(9-11-30)33-12-14-36(52)45-39(33)53/h7-11,13,23-24,31-33H,3-6,12,14-22,25H2,1-2H3,(H,45,52,53)(H,42,43,44,46). The summed E-state index contributed by atoms with van der Waals surface area (Å²) in [5, 5.41) is 6.42. The van der Waals surface area contributed by atoms with E-state index in [0.29, 0.717) is 41.9 Å². The third-order valence-electron chi connectivity index (χ3n) is 12.0. The fourth-order valence-corrected chi connectivity index (χ4v) is 8.98. The molecule has 0 bridgehead atoms. The van der Waals surface area contributed by atoms with Crippen molar-refractivity contribution in [2.24, 2.45) is 0 Å². The second-order valence-electron chi connectivity index (χ2n) is 15.4. The zero-order valence-corrected chi connectivity index (χ0v) is 31.2. The second-order valence-corrected chi connectivity index (χ2v) is 15.4. The number of aryl methyl sites for hydroxylation is 1. The van der Waals surface area contributed by atoms with Gasteiger partial charge in [-0.2, -0.15) is 4.98 Å². The van der Waals surface area contributed by atoms with Crippen molar-refractivity contribution < 1.29 is 14.4 Å². The Bertz CT molecular complexity index is 2090. The molecule has 1 aromatic carbocycles. The van der Waals surface area contributed by atoms with Crippen molar-refractivity contribution in [2.75, 3.05) is 49.5 Å². The Morgan fingerprint density at radius 1 is 0.852 bits per heavy atom. The van der Waals surface area contributed by atoms with E-state index in [4.69, 9.17) is 4.98 Å². The van der Waals surface area contributed by atoms with Crippen LogP contribution >= 0.6 is 0 Å². The van der Waals surface area contributed by atoms with Gasteiger partial charge in [-0.1, -0.05) is 31.0 Å². The van der Waals surface area contributed by atoms with Gasteiger partial charge in [-0.3, -0.25) is 38.9 Å². The Morgan fingerprint density at radius 2 is 1.59 bits per heavy atom. The van der Waals surface area contributed by atoms with Gasteiger partial charge >= 0.3 is 0 Å². The summed E-state index contributed by atoms with van der Waals surface area (Å²) in [5.74, 6) is 0.155. The molecule has 8 rings (SSSR count). The number of imide groups is 1. The molecule has 4 aromatic rings. The quantitative estimate of drug-likeness (QED) is 0.180. The van der Waals surface area contributed by atoms with Crippen LogP contribution in [0.25, 0.3) is 11.0 Å². The number of benzene rings is 1. The lowest BCUT2D eigenvalue weighted by molar-refractivity contribution is -0.134. The van der Waals surface area contributed by atoms with E-state index in [1.54, 1.807) is 17.7 Å². The van der Waals surface area contributed by atoms with Crippen molar-refractivity contribution in [1.82, 2.24) is 34.6 Å². The molecule has 282 valence electrons. The van der Waals surface area contributed by atoms with Gasteiger partial charge in [0.25, 0.3) is 5.56 Å². The van der Waals surface area contributed by atoms with Crippen LogP contribution < -0.4 is 21.1 Å². The Labute approximate surface area is 315 Å². The van der Waals surface area contributed by atoms with Crippen LogP contribution in [0.2, 0.25) is 0 Å². The first-order valence-electron chi connectivity index (χ1n) is 19.5. The van der Waals surface area contributed by atoms with Crippen LogP contribution in [-0.2, 0) is 16.1 Å². The third-order valence-corrected chi connectivity index (χ3v) is 12.0. The molecule has 3 aliphatic heterocycles. The Morgan fingerprint density at radius 3 is 2.26 bits per heavy atom. The lowest BCUT2D eigenvalue weighted by Crippen LogP contribution is -2.53. The highest BCUT2D eigenvalue weighted by Crippen LogP contribution is 2.33. The van der Waals surface area contributed by atoms with Crippen molar-refractivity contribution in [3.05, 3.63) is 81.4 Å². The van der Waals surface area contributed by atoms with Gasteiger partial charge in [0, 0.05) is 87.8 Å². The van der Waals surface area contributed by atoms with Gasteiger partial charge in [-0.15, -0.1) is 0 Å². The summed E-state index contributed by atoms with van der Waals surface area (Å²) in [4.78, 5) is 71.4. The van der Waals surface area contributed by atoms with Gasteiger partial charge < -0.3 is 10.2 Å². The predicted octanol–water partition coefficient (Wildman–Crippen LogP) is 4.86. The number of anilines is 3. The maximum absolute atomic E-state index is 13.5. The molecule has 2 N–H and O–H groups in total. The molecule has 4 fully saturated rings. The van der Waals surface area contributed by atoms with E-state index in [1.807, 2.05) is 24.4 Å². The molecule has 13 heteroatoms. The molecule has 4 aliphatic rings. The van der Waals surface area contributed by atoms with Crippen LogP contribution in [0.3, 0.4) is 0 Å². The minimum absolute atomic E-state index is 0.0266. The first-order valence-corrected chi connectivity index (χ1v) is 19.5. The van der Waals surface area contributed by atoms with Gasteiger partial charge in [0.2, 0.25) is 17.8 Å². The molecule has 1 aliphatic carbocycles. The molecule has 1 unspecified atom stereocenters. The number of Topliss-reactive ketones (excluding diaryl/α,β-unsaturated/α-hetero) is 1. The number of rotatable bonds is 9. The third kappa shape index (κ3) is 7.39. The summed E-state index contributed by atoms with van der Waals surface area (Å²) < 4.78 is 1.73. The van der Waals surface area contributed by atoms with Crippen molar-refractivity contribution in [2.45, 2.75) is 89.8 Å². The number of nitrogens with zero attached hydrogens (tertiary/aromatic N) is 7. The highest BCUT2D eigenvalue weighted by atomic mass is 16.2. The van der Waals surface area contributed by atoms with E-state index in [-0.39, 0.29) is 40.7 Å². The van der Waals surface area contributed by atoms with Crippen LogP contribution in [0.4, 0.5) is 17.5 Å². The second kappa shape index (κ2) is 15.4. The minimum Gasteiger partial charge on any atom is -0.371 e. The number of pyridine rings is 2. The predicted molar refractivity (Wildman–Crippen MR) is 207 cm³/mol. The van der Waals surface area contributed by atoms with Crippen molar-refractivity contribution >= 4 is 46.1 Å². The first-order chi connectivity index (χ1) is 26.2. The van der Waals surface area contributed by atoms with E-state index < -0.39 is 0 Å². The molecule has 0 spiro atoms. The highest BCUT2D eigenvalue weighted by molar-refractivity contribution is 6.01. The van der Waals surface area contributed by atoms with E-state index in [2.05, 4.69) is 53.5 Å². The number of carbonyl (C=O) groups excluding carboxylic acids is 3. The summed E-state index contributed by atoms with van der Waals surface area (Å²) in [6.45, 7) is 10.2. The van der Waals surface area contributed by atoms with Crippen LogP contribution in [0, 0.1) is 6.92 Å². The summed E-state index contributed by atoms with van der Waals surface area (Å²) in [6.07, 6.45) is 10.7. The van der Waals surface area contributed by atoms with Crippen molar-refractivity contribution in [3.8, 4) is 0 Å². The first kappa shape index (κ1) is 36.0. The van der Waals surface area contributed by atoms with Gasteiger partial charge in [0.15, 0.2) is 5.78 Å². The summed E-state index contributed by atoms with van der Waals surface area (Å²) in [7, 11) is 0. The molecule has 1 atom stereocenters. The normalized spacial score (nSPS) is 20.8. The number of hydrogen-bond donors (Lipinski definition) is 2. The number of amides is 2. The summed E-state index contributed by atoms with van der Waals surface area (Å²) >= 11 is 0. The van der Waals surface area contributed by atoms with E-state index in [9.17, 15) is 19.2 Å². The SMILES string of the molecule is CC(=O)c1c(C)c2cnc(Nc3ccc(CN4CCN(C5CCN(c6ccc(C7CCC(=O)NC7=O)cc6)CC5)CC4)cn3)nc2n(C2CCCC2)c1=O. The lowest BCUT2D eigenvalue weighted by Gasteiger charge is -2.43. The van der Waals surface area contributed by atoms with Gasteiger partial charge in [-0.05, 0) is 80.8 Å². The van der Waals surface area contributed by atoms with Gasteiger partial charge in [-0.25, -0.2) is 9.97 Å². The van der Waals surface area contributed by atoms with Crippen LogP contribution in [0.5, 0.6) is 0 Å². The zero-order chi connectivity index (χ0) is 37.3. The van der Waals surface area contributed by atoms with Crippen molar-refractivity contribution in [1.29, 1.82) is 0 Å². The van der Waals surface area contributed by atoms with E-state index in [0.717, 1.165) is 101 Å². The molecule has 0 radical (unpaired) electrons. The van der Waals surface area contributed by atoms with Crippen LogP contribution in [-0.4, -0.2) is 92.2 Å². The number of piperidine rings is 2. The number of aromatic nitrogens is 4. The smallest absolute Gasteiger partial charge is 0.263 e. The molecular formula is C41H49N9O4. The monoisotopic (exact) mass is 731 g/mol. The topological polar surface area (TPSA) is 146 Å².